The first kappa shape index (κ1) is 20.2. The number of nitrogen functional groups attached to an aromatic ring is 1. The van der Waals surface area contributed by atoms with Crippen LogP contribution in [0.4, 0.5) is 11.4 Å². The van der Waals surface area contributed by atoms with Gasteiger partial charge in [-0.2, -0.15) is 0 Å². The molecule has 3 aliphatic rings. The van der Waals surface area contributed by atoms with E-state index in [1.54, 1.807) is 18.2 Å². The van der Waals surface area contributed by atoms with E-state index in [0.29, 0.717) is 28.6 Å². The predicted octanol–water partition coefficient (Wildman–Crippen LogP) is 5.11. The summed E-state index contributed by atoms with van der Waals surface area (Å²) in [5, 5.41) is 4.20. The number of nitrogens with zero attached hydrogens (tertiary/aromatic N) is 1. The highest BCUT2D eigenvalue weighted by molar-refractivity contribution is 7.99. The number of hydrogen-bond donors (Lipinski definition) is 2. The van der Waals surface area contributed by atoms with Gasteiger partial charge in [-0.05, 0) is 67.8 Å². The minimum absolute atomic E-state index is 0.119. The van der Waals surface area contributed by atoms with E-state index in [9.17, 15) is 4.79 Å². The molecule has 2 aromatic carbocycles. The van der Waals surface area contributed by atoms with Gasteiger partial charge in [-0.3, -0.25) is 4.79 Å². The van der Waals surface area contributed by atoms with Crippen LogP contribution in [0.5, 0.6) is 0 Å². The zero-order chi connectivity index (χ0) is 20.7. The molecule has 6 heteroatoms. The molecule has 0 aliphatic carbocycles. The number of thioether (sulfide) groups is 1. The fourth-order valence-corrected chi connectivity index (χ4v) is 6.95. The Kier molecular flexibility index (Phi) is 5.46. The van der Waals surface area contributed by atoms with Gasteiger partial charge in [-0.1, -0.05) is 23.7 Å². The van der Waals surface area contributed by atoms with Gasteiger partial charge in [0.15, 0.2) is 5.78 Å². The largest absolute Gasteiger partial charge is 0.398 e. The van der Waals surface area contributed by atoms with Crippen molar-refractivity contribution in [2.45, 2.75) is 48.5 Å². The number of Topliss-reactive ketones (excluding diaryl/α,β-unsaturated/α-hetero) is 1. The number of fused-ring (bicyclic) bond motifs is 3. The number of hydrogen-bond acceptors (Lipinski definition) is 5. The molecule has 3 aliphatic heterocycles. The summed E-state index contributed by atoms with van der Waals surface area (Å²) in [5.41, 5.74) is 10.2. The smallest absolute Gasteiger partial charge is 0.164 e. The number of anilines is 2. The Bertz CT molecular complexity index is 981. The number of ketones is 1. The van der Waals surface area contributed by atoms with Gasteiger partial charge in [-0.25, -0.2) is 0 Å². The number of halogens is 1. The van der Waals surface area contributed by atoms with Crippen LogP contribution in [0.15, 0.2) is 41.3 Å². The number of nitrogens with two attached hydrogens (primary N) is 1. The Hall–Kier alpha value is -1.69. The highest BCUT2D eigenvalue weighted by atomic mass is 35.5. The molecule has 3 heterocycles. The van der Waals surface area contributed by atoms with E-state index < -0.39 is 0 Å². The quantitative estimate of drug-likeness (QED) is 0.499. The summed E-state index contributed by atoms with van der Waals surface area (Å²) in [6.07, 6.45) is 4.79. The van der Waals surface area contributed by atoms with Gasteiger partial charge in [0.05, 0.1) is 5.69 Å². The molecular weight excluding hydrogens is 414 g/mol. The van der Waals surface area contributed by atoms with Gasteiger partial charge < -0.3 is 16.0 Å². The Labute approximate surface area is 187 Å². The van der Waals surface area contributed by atoms with Gasteiger partial charge in [0.1, 0.15) is 0 Å². The van der Waals surface area contributed by atoms with Crippen LogP contribution in [0.1, 0.15) is 53.9 Å². The lowest BCUT2D eigenvalue weighted by atomic mass is 9.73. The van der Waals surface area contributed by atoms with E-state index in [1.807, 2.05) is 11.8 Å². The second-order valence-corrected chi connectivity index (χ2v) is 10.2. The lowest BCUT2D eigenvalue weighted by Crippen LogP contribution is -2.56. The Balaban J connectivity index is 1.39. The zero-order valence-corrected chi connectivity index (χ0v) is 18.7. The molecule has 0 spiro atoms. The van der Waals surface area contributed by atoms with Crippen molar-refractivity contribution in [3.63, 3.8) is 0 Å². The predicted molar refractivity (Wildman–Crippen MR) is 126 cm³/mol. The molecule has 0 unspecified atom stereocenters. The monoisotopic (exact) mass is 441 g/mol. The number of piperidine rings is 1. The van der Waals surface area contributed by atoms with Crippen molar-refractivity contribution < 1.29 is 4.79 Å². The molecule has 2 aromatic rings. The molecule has 0 bridgehead atoms. The summed E-state index contributed by atoms with van der Waals surface area (Å²) in [6.45, 7) is 3.18. The minimum Gasteiger partial charge on any atom is -0.398 e. The third-order valence-electron chi connectivity index (χ3n) is 7.06. The maximum atomic E-state index is 12.8. The van der Waals surface area contributed by atoms with Crippen LogP contribution in [0, 0.1) is 0 Å². The number of carbonyl (C=O) groups is 1. The van der Waals surface area contributed by atoms with Crippen molar-refractivity contribution in [2.24, 2.45) is 0 Å². The van der Waals surface area contributed by atoms with Crippen LogP contribution in [0.3, 0.4) is 0 Å². The van der Waals surface area contributed by atoms with E-state index >= 15 is 0 Å². The second kappa shape index (κ2) is 8.10. The first-order valence-electron chi connectivity index (χ1n) is 10.9. The second-order valence-electron chi connectivity index (χ2n) is 8.67. The molecule has 0 amide bonds. The van der Waals surface area contributed by atoms with E-state index in [0.717, 1.165) is 38.9 Å². The van der Waals surface area contributed by atoms with E-state index in [-0.39, 0.29) is 11.3 Å². The number of benzene rings is 2. The number of nitrogens with one attached hydrogen (secondary N) is 1. The van der Waals surface area contributed by atoms with Crippen LogP contribution >= 0.6 is 23.4 Å². The molecule has 0 radical (unpaired) electrons. The van der Waals surface area contributed by atoms with Crippen LogP contribution in [0.2, 0.25) is 5.02 Å². The Morgan fingerprint density at radius 2 is 2.23 bits per heavy atom. The zero-order valence-electron chi connectivity index (χ0n) is 17.1. The first-order chi connectivity index (χ1) is 14.6. The molecule has 3 N–H and O–H groups in total. The lowest BCUT2D eigenvalue weighted by molar-refractivity contribution is 0.0975. The first-order valence-corrected chi connectivity index (χ1v) is 12.3. The van der Waals surface area contributed by atoms with Crippen molar-refractivity contribution in [1.29, 1.82) is 0 Å². The summed E-state index contributed by atoms with van der Waals surface area (Å²) in [5.74, 6) is 1.80. The maximum absolute atomic E-state index is 12.8. The summed E-state index contributed by atoms with van der Waals surface area (Å²) >= 11 is 7.99. The van der Waals surface area contributed by atoms with Gasteiger partial charge in [-0.15, -0.1) is 11.8 Å². The summed E-state index contributed by atoms with van der Waals surface area (Å²) in [4.78, 5) is 17.0. The van der Waals surface area contributed by atoms with Crippen molar-refractivity contribution in [3.8, 4) is 0 Å². The number of rotatable bonds is 5. The van der Waals surface area contributed by atoms with Crippen LogP contribution < -0.4 is 16.0 Å². The molecule has 4 nitrogen and oxygen atoms in total. The normalized spacial score (nSPS) is 24.8. The van der Waals surface area contributed by atoms with Crippen molar-refractivity contribution in [1.82, 2.24) is 5.32 Å². The van der Waals surface area contributed by atoms with Gasteiger partial charge in [0, 0.05) is 52.1 Å². The third-order valence-corrected chi connectivity index (χ3v) is 8.42. The molecular formula is C24H28ClN3OS. The summed E-state index contributed by atoms with van der Waals surface area (Å²) in [7, 11) is 0. The van der Waals surface area contributed by atoms with Gasteiger partial charge in [0.25, 0.3) is 0 Å². The standard InChI is InChI=1S/C24H28ClN3OS/c25-16-7-8-18(20(26)14-16)21(29)5-2-9-24-10-11-27-15-19(24)17-4-1-6-22-23(17)28(24)12-3-13-30-22/h1,4,6-8,14,19,27H,2-3,5,9-13,15,26H2/t19-,24-/m0/s1. The Morgan fingerprint density at radius 3 is 3.10 bits per heavy atom. The number of para-hydroxylation sites is 1. The molecule has 2 atom stereocenters. The van der Waals surface area contributed by atoms with Crippen molar-refractivity contribution in [2.75, 3.05) is 36.0 Å². The molecule has 158 valence electrons. The third kappa shape index (κ3) is 3.31. The molecule has 0 aromatic heterocycles. The number of carbonyl (C=O) groups excluding carboxylic acids is 1. The SMILES string of the molecule is Nc1cc(Cl)ccc1C(=O)CCC[C@]12CCNC[C@H]1c1cccc3c1N2CCCS3. The van der Waals surface area contributed by atoms with E-state index in [4.69, 9.17) is 17.3 Å². The lowest BCUT2D eigenvalue weighted by Gasteiger charge is -2.47. The molecule has 1 saturated heterocycles. The molecule has 5 rings (SSSR count). The molecule has 30 heavy (non-hydrogen) atoms. The van der Waals surface area contributed by atoms with E-state index in [2.05, 4.69) is 28.4 Å². The van der Waals surface area contributed by atoms with Crippen molar-refractivity contribution >= 4 is 40.5 Å². The maximum Gasteiger partial charge on any atom is 0.164 e. The van der Waals surface area contributed by atoms with E-state index in [1.165, 1.54) is 28.3 Å². The Morgan fingerprint density at radius 1 is 1.33 bits per heavy atom. The summed E-state index contributed by atoms with van der Waals surface area (Å²) in [6, 6.07) is 12.0. The molecule has 1 fully saturated rings. The van der Waals surface area contributed by atoms with Gasteiger partial charge >= 0.3 is 0 Å². The highest BCUT2D eigenvalue weighted by Gasteiger charge is 2.52. The van der Waals surface area contributed by atoms with Gasteiger partial charge in [0.2, 0.25) is 0 Å². The summed E-state index contributed by atoms with van der Waals surface area (Å²) < 4.78 is 0. The van der Waals surface area contributed by atoms with Crippen molar-refractivity contribution in [3.05, 3.63) is 52.5 Å². The highest BCUT2D eigenvalue weighted by Crippen LogP contribution is 2.56. The average Bonchev–Trinajstić information content (AvgIpc) is 2.86. The fourth-order valence-electron chi connectivity index (χ4n) is 5.74. The van der Waals surface area contributed by atoms with Crippen LogP contribution in [-0.2, 0) is 0 Å². The van der Waals surface area contributed by atoms with Crippen LogP contribution in [-0.4, -0.2) is 36.7 Å². The minimum atomic E-state index is 0.119. The average molecular weight is 442 g/mol. The topological polar surface area (TPSA) is 58.4 Å². The van der Waals surface area contributed by atoms with Crippen LogP contribution in [0.25, 0.3) is 0 Å². The fraction of sp³-hybridized carbons (Fsp3) is 0.458. The molecule has 0 saturated carbocycles.